The second-order valence-electron chi connectivity index (χ2n) is 7.16. The number of benzene rings is 2. The summed E-state index contributed by atoms with van der Waals surface area (Å²) < 4.78 is 11.5. The van der Waals surface area contributed by atoms with Crippen LogP contribution in [0.3, 0.4) is 0 Å². The lowest BCUT2D eigenvalue weighted by Gasteiger charge is -2.19. The zero-order chi connectivity index (χ0) is 20.6. The van der Waals surface area contributed by atoms with Crippen LogP contribution in [-0.4, -0.2) is 37.2 Å². The van der Waals surface area contributed by atoms with Gasteiger partial charge in [0.25, 0.3) is 11.8 Å². The number of nitrogens with one attached hydrogen (secondary N) is 2. The topological polar surface area (TPSA) is 76.7 Å². The molecule has 1 aliphatic heterocycles. The third-order valence-corrected chi connectivity index (χ3v) is 4.97. The van der Waals surface area contributed by atoms with Gasteiger partial charge in [0.1, 0.15) is 5.75 Å². The number of amides is 2. The number of carbonyl (C=O) groups excluding carboxylic acids is 2. The molecule has 1 heterocycles. The van der Waals surface area contributed by atoms with Crippen molar-refractivity contribution in [2.24, 2.45) is 0 Å². The molecule has 2 N–H and O–H groups in total. The first-order valence-electron chi connectivity index (χ1n) is 10.1. The third kappa shape index (κ3) is 5.57. The summed E-state index contributed by atoms with van der Waals surface area (Å²) in [7, 11) is 0. The average molecular weight is 396 g/mol. The molecular formula is C23H28N2O4. The number of hydrogen-bond acceptors (Lipinski definition) is 4. The summed E-state index contributed by atoms with van der Waals surface area (Å²) in [5.74, 6) is 0.163. The van der Waals surface area contributed by atoms with E-state index < -0.39 is 6.10 Å². The van der Waals surface area contributed by atoms with Crippen LogP contribution in [0.4, 0.5) is 5.69 Å². The van der Waals surface area contributed by atoms with E-state index in [1.54, 1.807) is 24.3 Å². The largest absolute Gasteiger partial charge is 0.480 e. The molecule has 0 radical (unpaired) electrons. The van der Waals surface area contributed by atoms with E-state index in [2.05, 4.69) is 10.6 Å². The highest BCUT2D eigenvalue weighted by Crippen LogP contribution is 2.21. The Labute approximate surface area is 171 Å². The van der Waals surface area contributed by atoms with Gasteiger partial charge in [-0.05, 0) is 49.9 Å². The average Bonchev–Trinajstić information content (AvgIpc) is 3.25. The number of anilines is 1. The Balaban J connectivity index is 1.66. The van der Waals surface area contributed by atoms with Gasteiger partial charge in [-0.25, -0.2) is 0 Å². The maximum absolute atomic E-state index is 12.8. The Morgan fingerprint density at radius 1 is 1.17 bits per heavy atom. The van der Waals surface area contributed by atoms with Crippen LogP contribution in [0.25, 0.3) is 0 Å². The summed E-state index contributed by atoms with van der Waals surface area (Å²) in [5, 5.41) is 5.75. The number of aryl methyl sites for hydroxylation is 1. The fourth-order valence-electron chi connectivity index (χ4n) is 3.27. The number of carbonyl (C=O) groups is 2. The van der Waals surface area contributed by atoms with Gasteiger partial charge in [0.2, 0.25) is 0 Å². The number of ether oxygens (including phenoxy) is 2. The molecule has 2 amide bonds. The van der Waals surface area contributed by atoms with Crippen LogP contribution >= 0.6 is 0 Å². The van der Waals surface area contributed by atoms with E-state index in [1.165, 1.54) is 0 Å². The number of rotatable bonds is 8. The molecule has 6 nitrogen and oxygen atoms in total. The lowest BCUT2D eigenvalue weighted by molar-refractivity contribution is -0.122. The Morgan fingerprint density at radius 3 is 2.66 bits per heavy atom. The summed E-state index contributed by atoms with van der Waals surface area (Å²) in [6.45, 7) is 5.04. The second-order valence-corrected chi connectivity index (χ2v) is 7.16. The van der Waals surface area contributed by atoms with Crippen molar-refractivity contribution < 1.29 is 19.1 Å². The molecule has 3 rings (SSSR count). The van der Waals surface area contributed by atoms with Gasteiger partial charge in [0.05, 0.1) is 17.4 Å². The van der Waals surface area contributed by atoms with E-state index in [-0.39, 0.29) is 17.9 Å². The van der Waals surface area contributed by atoms with Gasteiger partial charge in [0.15, 0.2) is 6.10 Å². The van der Waals surface area contributed by atoms with Crippen LogP contribution in [-0.2, 0) is 9.53 Å². The number of para-hydroxylation sites is 2. The normalized spacial score (nSPS) is 16.8. The van der Waals surface area contributed by atoms with Crippen LogP contribution in [0.15, 0.2) is 48.5 Å². The monoisotopic (exact) mass is 396 g/mol. The Kier molecular flexibility index (Phi) is 7.25. The smallest absolute Gasteiger partial charge is 0.265 e. The summed E-state index contributed by atoms with van der Waals surface area (Å²) in [6.07, 6.45) is 1.89. The van der Waals surface area contributed by atoms with Crippen molar-refractivity contribution >= 4 is 17.5 Å². The lowest BCUT2D eigenvalue weighted by Crippen LogP contribution is -2.35. The van der Waals surface area contributed by atoms with Gasteiger partial charge in [-0.2, -0.15) is 0 Å². The van der Waals surface area contributed by atoms with Crippen LogP contribution in [0.5, 0.6) is 5.75 Å². The first-order valence-corrected chi connectivity index (χ1v) is 10.1. The molecule has 0 saturated carbocycles. The van der Waals surface area contributed by atoms with Crippen molar-refractivity contribution in [2.75, 3.05) is 18.5 Å². The first-order chi connectivity index (χ1) is 14.1. The van der Waals surface area contributed by atoms with Gasteiger partial charge in [0, 0.05) is 13.2 Å². The predicted octanol–water partition coefficient (Wildman–Crippen LogP) is 3.70. The minimum absolute atomic E-state index is 0.0627. The molecule has 154 valence electrons. The minimum Gasteiger partial charge on any atom is -0.480 e. The molecule has 0 aliphatic carbocycles. The molecule has 0 bridgehead atoms. The Bertz CT molecular complexity index is 846. The molecule has 6 heteroatoms. The molecule has 1 fully saturated rings. The highest BCUT2D eigenvalue weighted by molar-refractivity contribution is 6.04. The van der Waals surface area contributed by atoms with Crippen molar-refractivity contribution in [3.05, 3.63) is 59.7 Å². The molecule has 2 unspecified atom stereocenters. The van der Waals surface area contributed by atoms with Gasteiger partial charge in [-0.1, -0.05) is 37.3 Å². The summed E-state index contributed by atoms with van der Waals surface area (Å²) in [4.78, 5) is 25.4. The highest BCUT2D eigenvalue weighted by atomic mass is 16.5. The van der Waals surface area contributed by atoms with Gasteiger partial charge < -0.3 is 20.1 Å². The second kappa shape index (κ2) is 10.1. The van der Waals surface area contributed by atoms with Crippen molar-refractivity contribution in [1.82, 2.24) is 5.32 Å². The zero-order valence-electron chi connectivity index (χ0n) is 16.9. The van der Waals surface area contributed by atoms with Crippen molar-refractivity contribution in [2.45, 2.75) is 45.3 Å². The fourth-order valence-corrected chi connectivity index (χ4v) is 3.27. The highest BCUT2D eigenvalue weighted by Gasteiger charge is 2.22. The molecule has 2 atom stereocenters. The summed E-state index contributed by atoms with van der Waals surface area (Å²) in [6, 6.07) is 14.6. The third-order valence-electron chi connectivity index (χ3n) is 4.97. The molecule has 0 spiro atoms. The van der Waals surface area contributed by atoms with Crippen LogP contribution < -0.4 is 15.4 Å². The Morgan fingerprint density at radius 2 is 1.93 bits per heavy atom. The van der Waals surface area contributed by atoms with Gasteiger partial charge in [-0.3, -0.25) is 9.59 Å². The van der Waals surface area contributed by atoms with Crippen LogP contribution in [0.1, 0.15) is 42.1 Å². The standard InChI is InChI=1S/C23H28N2O4/c1-3-20(29-21-13-7-4-9-16(21)2)23(27)25-19-12-6-5-11-18(19)22(26)24-15-17-10-8-14-28-17/h4-7,9,11-13,17,20H,3,8,10,14-15H2,1-2H3,(H,24,26)(H,25,27). The molecular weight excluding hydrogens is 368 g/mol. The van der Waals surface area contributed by atoms with E-state index in [4.69, 9.17) is 9.47 Å². The van der Waals surface area contributed by atoms with E-state index in [1.807, 2.05) is 38.1 Å². The molecule has 2 aromatic carbocycles. The van der Waals surface area contributed by atoms with Crippen molar-refractivity contribution in [1.29, 1.82) is 0 Å². The maximum Gasteiger partial charge on any atom is 0.265 e. The molecule has 0 aromatic heterocycles. The van der Waals surface area contributed by atoms with Gasteiger partial charge in [-0.15, -0.1) is 0 Å². The van der Waals surface area contributed by atoms with Crippen LogP contribution in [0, 0.1) is 6.92 Å². The van der Waals surface area contributed by atoms with Crippen LogP contribution in [0.2, 0.25) is 0 Å². The minimum atomic E-state index is -0.654. The predicted molar refractivity (Wildman–Crippen MR) is 112 cm³/mol. The van der Waals surface area contributed by atoms with Crippen molar-refractivity contribution in [3.8, 4) is 5.75 Å². The molecule has 29 heavy (non-hydrogen) atoms. The molecule has 1 aliphatic rings. The molecule has 2 aromatic rings. The number of hydrogen-bond donors (Lipinski definition) is 2. The maximum atomic E-state index is 12.8. The van der Waals surface area contributed by atoms with E-state index in [9.17, 15) is 9.59 Å². The first kappa shape index (κ1) is 20.9. The fraction of sp³-hybridized carbons (Fsp3) is 0.391. The SMILES string of the molecule is CCC(Oc1ccccc1C)C(=O)Nc1ccccc1C(=O)NCC1CCCO1. The van der Waals surface area contributed by atoms with E-state index in [0.717, 1.165) is 25.0 Å². The summed E-state index contributed by atoms with van der Waals surface area (Å²) in [5.41, 5.74) is 1.85. The van der Waals surface area contributed by atoms with Gasteiger partial charge >= 0.3 is 0 Å². The quantitative estimate of drug-likeness (QED) is 0.713. The lowest BCUT2D eigenvalue weighted by atomic mass is 10.1. The van der Waals surface area contributed by atoms with E-state index in [0.29, 0.717) is 30.0 Å². The zero-order valence-corrected chi connectivity index (χ0v) is 16.9. The Hall–Kier alpha value is -2.86. The molecule has 1 saturated heterocycles. The van der Waals surface area contributed by atoms with E-state index >= 15 is 0 Å². The van der Waals surface area contributed by atoms with Crippen molar-refractivity contribution in [3.63, 3.8) is 0 Å². The summed E-state index contributed by atoms with van der Waals surface area (Å²) >= 11 is 0.